The number of rotatable bonds is 3. The van der Waals surface area contributed by atoms with Gasteiger partial charge in [0.15, 0.2) is 0 Å². The monoisotopic (exact) mass is 248 g/mol. The van der Waals surface area contributed by atoms with E-state index in [1.807, 2.05) is 18.7 Å². The Morgan fingerprint density at radius 3 is 3.00 bits per heavy atom. The first-order chi connectivity index (χ1) is 8.67. The molecule has 0 N–H and O–H groups in total. The van der Waals surface area contributed by atoms with Crippen LogP contribution in [0.25, 0.3) is 0 Å². The van der Waals surface area contributed by atoms with E-state index in [4.69, 9.17) is 4.74 Å². The van der Waals surface area contributed by atoms with Crippen LogP contribution >= 0.6 is 0 Å². The van der Waals surface area contributed by atoms with E-state index in [0.717, 1.165) is 37.6 Å². The number of nitrogens with zero attached hydrogens (tertiary/aromatic N) is 4. The number of anilines is 1. The van der Waals surface area contributed by atoms with Crippen LogP contribution in [-0.2, 0) is 11.8 Å². The van der Waals surface area contributed by atoms with Gasteiger partial charge in [-0.2, -0.15) is 10.4 Å². The second-order valence-electron chi connectivity index (χ2n) is 4.93. The maximum Gasteiger partial charge on any atom is 0.144 e. The van der Waals surface area contributed by atoms with E-state index in [1.54, 1.807) is 7.11 Å². The number of hydrogen-bond acceptors (Lipinski definition) is 4. The van der Waals surface area contributed by atoms with E-state index in [2.05, 4.69) is 16.1 Å². The molecule has 1 fully saturated rings. The Morgan fingerprint density at radius 2 is 2.33 bits per heavy atom. The van der Waals surface area contributed by atoms with Crippen molar-refractivity contribution in [2.75, 3.05) is 31.7 Å². The number of aryl methyl sites for hydroxylation is 2. The molecule has 18 heavy (non-hydrogen) atoms. The second-order valence-corrected chi connectivity index (χ2v) is 4.93. The van der Waals surface area contributed by atoms with Gasteiger partial charge in [0.2, 0.25) is 0 Å². The van der Waals surface area contributed by atoms with E-state index in [1.165, 1.54) is 6.42 Å². The minimum Gasteiger partial charge on any atom is -0.384 e. The minimum absolute atomic E-state index is 0.547. The number of piperidine rings is 1. The summed E-state index contributed by atoms with van der Waals surface area (Å²) in [5.41, 5.74) is 1.51. The SMILES string of the molecule is COCC1CCCN(c2c(C#N)c(C)nn2C)C1. The average Bonchev–Trinajstić information content (AvgIpc) is 2.64. The smallest absolute Gasteiger partial charge is 0.144 e. The summed E-state index contributed by atoms with van der Waals surface area (Å²) in [7, 11) is 3.65. The molecule has 2 heterocycles. The Labute approximate surface area is 108 Å². The van der Waals surface area contributed by atoms with Crippen LogP contribution in [0, 0.1) is 24.2 Å². The molecule has 1 unspecified atom stereocenters. The molecule has 1 saturated heterocycles. The lowest BCUT2D eigenvalue weighted by Gasteiger charge is -2.33. The van der Waals surface area contributed by atoms with Crippen LogP contribution in [-0.4, -0.2) is 36.6 Å². The van der Waals surface area contributed by atoms with Crippen LogP contribution in [0.1, 0.15) is 24.1 Å². The number of methoxy groups -OCH3 is 1. The van der Waals surface area contributed by atoms with Gasteiger partial charge in [0.05, 0.1) is 12.3 Å². The molecular formula is C13H20N4O. The predicted octanol–water partition coefficient (Wildman–Crippen LogP) is 1.46. The molecule has 0 radical (unpaired) electrons. The van der Waals surface area contributed by atoms with Gasteiger partial charge in [0.1, 0.15) is 17.5 Å². The molecule has 98 valence electrons. The molecule has 1 atom stereocenters. The van der Waals surface area contributed by atoms with Gasteiger partial charge in [-0.1, -0.05) is 0 Å². The minimum atomic E-state index is 0.547. The molecule has 0 amide bonds. The van der Waals surface area contributed by atoms with Crippen LogP contribution in [0.15, 0.2) is 0 Å². The van der Waals surface area contributed by atoms with E-state index in [9.17, 15) is 5.26 Å². The highest BCUT2D eigenvalue weighted by atomic mass is 16.5. The molecule has 0 aromatic carbocycles. The summed E-state index contributed by atoms with van der Waals surface area (Å²) in [5.74, 6) is 1.50. The Hall–Kier alpha value is -1.54. The lowest BCUT2D eigenvalue weighted by molar-refractivity contribution is 0.143. The summed E-state index contributed by atoms with van der Waals surface area (Å²) >= 11 is 0. The second kappa shape index (κ2) is 5.40. The van der Waals surface area contributed by atoms with Crippen molar-refractivity contribution in [3.63, 3.8) is 0 Å². The average molecular weight is 248 g/mol. The molecule has 1 aliphatic heterocycles. The highest BCUT2D eigenvalue weighted by Crippen LogP contribution is 2.27. The van der Waals surface area contributed by atoms with Crippen molar-refractivity contribution in [3.05, 3.63) is 11.3 Å². The number of aromatic nitrogens is 2. The third-order valence-corrected chi connectivity index (χ3v) is 3.52. The first-order valence-electron chi connectivity index (χ1n) is 6.35. The summed E-state index contributed by atoms with van der Waals surface area (Å²) in [6, 6.07) is 2.27. The number of nitriles is 1. The van der Waals surface area contributed by atoms with Crippen molar-refractivity contribution in [1.82, 2.24) is 9.78 Å². The van der Waals surface area contributed by atoms with Crippen molar-refractivity contribution in [2.24, 2.45) is 13.0 Å². The third kappa shape index (κ3) is 2.34. The zero-order valence-electron chi connectivity index (χ0n) is 11.3. The Bertz CT molecular complexity index is 458. The van der Waals surface area contributed by atoms with Crippen molar-refractivity contribution in [1.29, 1.82) is 5.26 Å². The zero-order chi connectivity index (χ0) is 13.1. The molecule has 5 heteroatoms. The van der Waals surface area contributed by atoms with E-state index in [0.29, 0.717) is 11.5 Å². The summed E-state index contributed by atoms with van der Waals surface area (Å²) < 4.78 is 7.07. The Kier molecular flexibility index (Phi) is 3.87. The highest BCUT2D eigenvalue weighted by molar-refractivity contribution is 5.57. The third-order valence-electron chi connectivity index (χ3n) is 3.52. The van der Waals surface area contributed by atoms with E-state index >= 15 is 0 Å². The zero-order valence-corrected chi connectivity index (χ0v) is 11.3. The van der Waals surface area contributed by atoms with Gasteiger partial charge in [-0.05, 0) is 25.7 Å². The van der Waals surface area contributed by atoms with Crippen molar-refractivity contribution < 1.29 is 4.74 Å². The quantitative estimate of drug-likeness (QED) is 0.812. The molecule has 0 bridgehead atoms. The topological polar surface area (TPSA) is 54.1 Å². The summed E-state index contributed by atoms with van der Waals surface area (Å²) in [4.78, 5) is 2.27. The van der Waals surface area contributed by atoms with Gasteiger partial charge in [-0.25, -0.2) is 0 Å². The maximum atomic E-state index is 9.26. The van der Waals surface area contributed by atoms with Crippen LogP contribution in [0.2, 0.25) is 0 Å². The van der Waals surface area contributed by atoms with E-state index in [-0.39, 0.29) is 0 Å². The fourth-order valence-electron chi connectivity index (χ4n) is 2.77. The molecule has 0 saturated carbocycles. The molecule has 5 nitrogen and oxygen atoms in total. The fraction of sp³-hybridized carbons (Fsp3) is 0.692. The highest BCUT2D eigenvalue weighted by Gasteiger charge is 2.25. The standard InChI is InChI=1S/C13H20N4O/c1-10-12(7-14)13(16(2)15-10)17-6-4-5-11(8-17)9-18-3/h11H,4-6,8-9H2,1-3H3. The molecule has 1 aromatic rings. The summed E-state index contributed by atoms with van der Waals surface area (Å²) in [6.07, 6.45) is 2.34. The van der Waals surface area contributed by atoms with Crippen LogP contribution in [0.5, 0.6) is 0 Å². The normalized spacial score (nSPS) is 19.9. The number of hydrogen-bond donors (Lipinski definition) is 0. The lowest BCUT2D eigenvalue weighted by atomic mass is 9.98. The van der Waals surface area contributed by atoms with Gasteiger partial charge in [0.25, 0.3) is 0 Å². The summed E-state index contributed by atoms with van der Waals surface area (Å²) in [5, 5.41) is 13.6. The Balaban J connectivity index is 2.23. The molecule has 0 aliphatic carbocycles. The first kappa shape index (κ1) is 12.9. The van der Waals surface area contributed by atoms with Crippen molar-refractivity contribution in [2.45, 2.75) is 19.8 Å². The molecule has 1 aliphatic rings. The van der Waals surface area contributed by atoms with Gasteiger partial charge in [-0.15, -0.1) is 0 Å². The van der Waals surface area contributed by atoms with Gasteiger partial charge >= 0.3 is 0 Å². The van der Waals surface area contributed by atoms with Gasteiger partial charge < -0.3 is 9.64 Å². The Morgan fingerprint density at radius 1 is 1.56 bits per heavy atom. The maximum absolute atomic E-state index is 9.26. The predicted molar refractivity (Wildman–Crippen MR) is 69.5 cm³/mol. The van der Waals surface area contributed by atoms with Crippen LogP contribution < -0.4 is 4.90 Å². The van der Waals surface area contributed by atoms with Crippen molar-refractivity contribution in [3.8, 4) is 6.07 Å². The molecular weight excluding hydrogens is 228 g/mol. The summed E-state index contributed by atoms with van der Waals surface area (Å²) in [6.45, 7) is 4.61. The molecule has 2 rings (SSSR count). The van der Waals surface area contributed by atoms with Crippen molar-refractivity contribution >= 4 is 5.82 Å². The van der Waals surface area contributed by atoms with Gasteiger partial charge in [0, 0.05) is 27.2 Å². The van der Waals surface area contributed by atoms with Crippen LogP contribution in [0.3, 0.4) is 0 Å². The number of ether oxygens (including phenoxy) is 1. The first-order valence-corrected chi connectivity index (χ1v) is 6.35. The van der Waals surface area contributed by atoms with E-state index < -0.39 is 0 Å². The molecule has 0 spiro atoms. The molecule has 1 aromatic heterocycles. The largest absolute Gasteiger partial charge is 0.384 e. The van der Waals surface area contributed by atoms with Gasteiger partial charge in [-0.3, -0.25) is 4.68 Å². The lowest BCUT2D eigenvalue weighted by Crippen LogP contribution is -2.38. The fourth-order valence-corrected chi connectivity index (χ4v) is 2.77. The van der Waals surface area contributed by atoms with Crippen LogP contribution in [0.4, 0.5) is 5.82 Å².